The highest BCUT2D eigenvalue weighted by molar-refractivity contribution is 7.07. The van der Waals surface area contributed by atoms with Gasteiger partial charge in [-0.1, -0.05) is 12.1 Å². The molecule has 0 aliphatic rings. The van der Waals surface area contributed by atoms with Crippen LogP contribution in [0.4, 0.5) is 4.39 Å². The van der Waals surface area contributed by atoms with Crippen LogP contribution in [0.3, 0.4) is 0 Å². The minimum atomic E-state index is -0.182. The Morgan fingerprint density at radius 1 is 1.38 bits per heavy atom. The van der Waals surface area contributed by atoms with Crippen molar-refractivity contribution in [3.8, 4) is 0 Å². The van der Waals surface area contributed by atoms with E-state index in [2.05, 4.69) is 10.3 Å². The lowest BCUT2D eigenvalue weighted by Crippen LogP contribution is -2.16. The lowest BCUT2D eigenvalue weighted by atomic mass is 10.2. The molecule has 0 atom stereocenters. The van der Waals surface area contributed by atoms with Crippen molar-refractivity contribution >= 4 is 11.3 Å². The van der Waals surface area contributed by atoms with E-state index in [4.69, 9.17) is 0 Å². The second-order valence-corrected chi connectivity index (χ2v) is 4.26. The minimum Gasteiger partial charge on any atom is -0.312 e. The third-order valence-electron chi connectivity index (χ3n) is 2.26. The van der Waals surface area contributed by atoms with Crippen LogP contribution in [0.2, 0.25) is 0 Å². The first kappa shape index (κ1) is 11.2. The van der Waals surface area contributed by atoms with Crippen LogP contribution < -0.4 is 5.32 Å². The van der Waals surface area contributed by atoms with Gasteiger partial charge in [-0.25, -0.2) is 9.37 Å². The number of hydrogen-bond donors (Lipinski definition) is 1. The van der Waals surface area contributed by atoms with Crippen LogP contribution in [0.1, 0.15) is 11.3 Å². The monoisotopic (exact) mass is 236 g/mol. The summed E-state index contributed by atoms with van der Waals surface area (Å²) in [6, 6.07) is 6.65. The molecular weight excluding hydrogens is 223 g/mol. The Kier molecular flexibility index (Phi) is 4.02. The molecule has 0 amide bonds. The fourth-order valence-electron chi connectivity index (χ4n) is 1.46. The van der Waals surface area contributed by atoms with E-state index in [0.29, 0.717) is 6.54 Å². The molecule has 1 aromatic heterocycles. The van der Waals surface area contributed by atoms with Gasteiger partial charge in [0.05, 0.1) is 11.2 Å². The van der Waals surface area contributed by atoms with Gasteiger partial charge < -0.3 is 5.32 Å². The topological polar surface area (TPSA) is 24.9 Å². The first-order valence-corrected chi connectivity index (χ1v) is 6.11. The van der Waals surface area contributed by atoms with E-state index in [1.165, 1.54) is 6.07 Å². The highest BCUT2D eigenvalue weighted by Gasteiger charge is 1.96. The quantitative estimate of drug-likeness (QED) is 0.807. The Balaban J connectivity index is 1.72. The predicted molar refractivity (Wildman–Crippen MR) is 63.9 cm³/mol. The van der Waals surface area contributed by atoms with Crippen LogP contribution in [0, 0.1) is 5.82 Å². The Labute approximate surface area is 98.2 Å². The maximum Gasteiger partial charge on any atom is 0.123 e. The number of rotatable bonds is 5. The van der Waals surface area contributed by atoms with Crippen molar-refractivity contribution in [2.45, 2.75) is 13.0 Å². The van der Waals surface area contributed by atoms with Gasteiger partial charge in [0, 0.05) is 24.9 Å². The van der Waals surface area contributed by atoms with Gasteiger partial charge in [-0.3, -0.25) is 0 Å². The molecule has 4 heteroatoms. The Hall–Kier alpha value is -1.26. The van der Waals surface area contributed by atoms with Crippen molar-refractivity contribution in [2.75, 3.05) is 6.54 Å². The Morgan fingerprint density at radius 3 is 3.06 bits per heavy atom. The lowest BCUT2D eigenvalue weighted by molar-refractivity contribution is 0.619. The van der Waals surface area contributed by atoms with Crippen molar-refractivity contribution in [3.63, 3.8) is 0 Å². The SMILES string of the molecule is Fc1cccc(CNCCc2cscn2)c1. The summed E-state index contributed by atoms with van der Waals surface area (Å²) < 4.78 is 12.9. The fraction of sp³-hybridized carbons (Fsp3) is 0.250. The third kappa shape index (κ3) is 3.40. The van der Waals surface area contributed by atoms with Crippen LogP contribution in [0.25, 0.3) is 0 Å². The molecule has 16 heavy (non-hydrogen) atoms. The predicted octanol–water partition coefficient (Wildman–Crippen LogP) is 2.61. The Bertz CT molecular complexity index is 428. The molecular formula is C12H13FN2S. The van der Waals surface area contributed by atoms with Crippen molar-refractivity contribution in [3.05, 3.63) is 52.2 Å². The number of hydrogen-bond acceptors (Lipinski definition) is 3. The highest BCUT2D eigenvalue weighted by atomic mass is 32.1. The molecule has 2 aromatic rings. The molecule has 2 rings (SSSR count). The van der Waals surface area contributed by atoms with Crippen LogP contribution >= 0.6 is 11.3 Å². The van der Waals surface area contributed by atoms with E-state index < -0.39 is 0 Å². The summed E-state index contributed by atoms with van der Waals surface area (Å²) in [7, 11) is 0. The van der Waals surface area contributed by atoms with Crippen LogP contribution in [0.15, 0.2) is 35.2 Å². The number of benzene rings is 1. The molecule has 0 aliphatic heterocycles. The number of nitrogens with zero attached hydrogens (tertiary/aromatic N) is 1. The van der Waals surface area contributed by atoms with E-state index in [9.17, 15) is 4.39 Å². The molecule has 0 unspecified atom stereocenters. The largest absolute Gasteiger partial charge is 0.312 e. The van der Waals surface area contributed by atoms with Crippen molar-refractivity contribution < 1.29 is 4.39 Å². The normalized spacial score (nSPS) is 10.6. The van der Waals surface area contributed by atoms with Gasteiger partial charge in [0.1, 0.15) is 5.82 Å². The molecule has 1 N–H and O–H groups in total. The second kappa shape index (κ2) is 5.72. The molecule has 0 spiro atoms. The van der Waals surface area contributed by atoms with Crippen LogP contribution in [-0.2, 0) is 13.0 Å². The lowest BCUT2D eigenvalue weighted by Gasteiger charge is -2.03. The molecule has 2 nitrogen and oxygen atoms in total. The molecule has 0 saturated heterocycles. The van der Waals surface area contributed by atoms with Gasteiger partial charge in [0.15, 0.2) is 0 Å². The summed E-state index contributed by atoms with van der Waals surface area (Å²) in [5, 5.41) is 5.31. The standard InChI is InChI=1S/C12H13FN2S/c13-11-3-1-2-10(6-11)7-14-5-4-12-8-16-9-15-12/h1-3,6,8-9,14H,4-5,7H2. The van der Waals surface area contributed by atoms with Gasteiger partial charge in [0.2, 0.25) is 0 Å². The van der Waals surface area contributed by atoms with Gasteiger partial charge >= 0.3 is 0 Å². The van der Waals surface area contributed by atoms with Crippen LogP contribution in [-0.4, -0.2) is 11.5 Å². The molecule has 0 radical (unpaired) electrons. The zero-order valence-electron chi connectivity index (χ0n) is 8.82. The first-order valence-electron chi connectivity index (χ1n) is 5.17. The average Bonchev–Trinajstić information content (AvgIpc) is 2.77. The molecule has 0 saturated carbocycles. The maximum absolute atomic E-state index is 12.9. The summed E-state index contributed by atoms with van der Waals surface area (Å²) in [6.45, 7) is 1.56. The summed E-state index contributed by atoms with van der Waals surface area (Å²) in [5.74, 6) is -0.182. The molecule has 0 fully saturated rings. The second-order valence-electron chi connectivity index (χ2n) is 3.54. The van der Waals surface area contributed by atoms with Gasteiger partial charge in [-0.2, -0.15) is 0 Å². The zero-order valence-corrected chi connectivity index (χ0v) is 9.64. The molecule has 1 heterocycles. The summed E-state index contributed by atoms with van der Waals surface area (Å²) >= 11 is 1.61. The number of aromatic nitrogens is 1. The van der Waals surface area contributed by atoms with Crippen molar-refractivity contribution in [1.29, 1.82) is 0 Å². The number of nitrogens with one attached hydrogen (secondary N) is 1. The van der Waals surface area contributed by atoms with E-state index in [0.717, 1.165) is 24.2 Å². The highest BCUT2D eigenvalue weighted by Crippen LogP contribution is 2.03. The molecule has 1 aromatic carbocycles. The zero-order chi connectivity index (χ0) is 11.2. The maximum atomic E-state index is 12.9. The fourth-order valence-corrected chi connectivity index (χ4v) is 2.05. The summed E-state index contributed by atoms with van der Waals surface area (Å²) in [6.07, 6.45) is 0.915. The van der Waals surface area contributed by atoms with Gasteiger partial charge in [-0.05, 0) is 17.7 Å². The number of halogens is 1. The molecule has 0 aliphatic carbocycles. The molecule has 84 valence electrons. The van der Waals surface area contributed by atoms with Gasteiger partial charge in [-0.15, -0.1) is 11.3 Å². The smallest absolute Gasteiger partial charge is 0.123 e. The summed E-state index contributed by atoms with van der Waals surface area (Å²) in [5.41, 5.74) is 3.91. The minimum absolute atomic E-state index is 0.182. The van der Waals surface area contributed by atoms with E-state index in [1.807, 2.05) is 17.0 Å². The van der Waals surface area contributed by atoms with Crippen molar-refractivity contribution in [2.24, 2.45) is 0 Å². The van der Waals surface area contributed by atoms with Gasteiger partial charge in [0.25, 0.3) is 0 Å². The Morgan fingerprint density at radius 2 is 2.31 bits per heavy atom. The van der Waals surface area contributed by atoms with E-state index in [-0.39, 0.29) is 5.82 Å². The third-order valence-corrected chi connectivity index (χ3v) is 2.89. The number of thiazole rings is 1. The van der Waals surface area contributed by atoms with E-state index >= 15 is 0 Å². The molecule has 0 bridgehead atoms. The van der Waals surface area contributed by atoms with Crippen molar-refractivity contribution in [1.82, 2.24) is 10.3 Å². The summed E-state index contributed by atoms with van der Waals surface area (Å²) in [4.78, 5) is 4.19. The van der Waals surface area contributed by atoms with E-state index in [1.54, 1.807) is 23.5 Å². The average molecular weight is 236 g/mol. The van der Waals surface area contributed by atoms with Crippen LogP contribution in [0.5, 0.6) is 0 Å². The first-order chi connectivity index (χ1) is 7.84.